The number of aliphatic hydroxyl groups is 1. The highest BCUT2D eigenvalue weighted by molar-refractivity contribution is 5.98. The minimum absolute atomic E-state index is 0.0690. The molecule has 5 heteroatoms. The summed E-state index contributed by atoms with van der Waals surface area (Å²) in [5.41, 5.74) is 0.564. The lowest BCUT2D eigenvalue weighted by atomic mass is 9.96. The molecule has 118 valence electrons. The first-order valence-corrected chi connectivity index (χ1v) is 7.30. The molecule has 0 saturated carbocycles. The van der Waals surface area contributed by atoms with Crippen LogP contribution in [-0.4, -0.2) is 22.5 Å². The van der Waals surface area contributed by atoms with Crippen molar-refractivity contribution in [2.24, 2.45) is 0 Å². The van der Waals surface area contributed by atoms with Gasteiger partial charge in [-0.1, -0.05) is 30.3 Å². The smallest absolute Gasteiger partial charge is 0.267 e. The van der Waals surface area contributed by atoms with Gasteiger partial charge < -0.3 is 15.4 Å². The molecule has 1 unspecified atom stereocenters. The molecule has 3 N–H and O–H groups in total. The molecule has 4 nitrogen and oxygen atoms in total. The lowest BCUT2D eigenvalue weighted by molar-refractivity contribution is 0.0525. The summed E-state index contributed by atoms with van der Waals surface area (Å²) in [6, 6.07) is 15.0. The molecule has 0 bridgehead atoms. The molecule has 0 aliphatic carbocycles. The number of nitrogens with one attached hydrogen (secondary N) is 2. The monoisotopic (exact) mass is 312 g/mol. The Kier molecular flexibility index (Phi) is 3.88. The Labute approximate surface area is 133 Å². The van der Waals surface area contributed by atoms with Gasteiger partial charge in [0.1, 0.15) is 17.1 Å². The predicted molar refractivity (Wildman–Crippen MR) is 86.6 cm³/mol. The van der Waals surface area contributed by atoms with Crippen molar-refractivity contribution in [1.82, 2.24) is 10.3 Å². The molecular weight excluding hydrogens is 295 g/mol. The van der Waals surface area contributed by atoms with Crippen LogP contribution >= 0.6 is 0 Å². The van der Waals surface area contributed by atoms with E-state index in [2.05, 4.69) is 10.3 Å². The first-order chi connectivity index (χ1) is 11.0. The maximum Gasteiger partial charge on any atom is 0.267 e. The lowest BCUT2D eigenvalue weighted by Gasteiger charge is -2.24. The van der Waals surface area contributed by atoms with Gasteiger partial charge in [-0.3, -0.25) is 4.79 Å². The van der Waals surface area contributed by atoms with Crippen LogP contribution in [0.3, 0.4) is 0 Å². The van der Waals surface area contributed by atoms with E-state index < -0.39 is 5.60 Å². The highest BCUT2D eigenvalue weighted by Gasteiger charge is 2.24. The Morgan fingerprint density at radius 1 is 1.22 bits per heavy atom. The van der Waals surface area contributed by atoms with E-state index in [0.29, 0.717) is 16.6 Å². The van der Waals surface area contributed by atoms with Gasteiger partial charge in [-0.2, -0.15) is 0 Å². The molecule has 1 heterocycles. The third-order valence-electron chi connectivity index (χ3n) is 3.82. The Balaban J connectivity index is 1.73. The topological polar surface area (TPSA) is 65.1 Å². The van der Waals surface area contributed by atoms with Crippen LogP contribution in [0.5, 0.6) is 0 Å². The molecule has 2 aromatic carbocycles. The van der Waals surface area contributed by atoms with E-state index in [-0.39, 0.29) is 18.3 Å². The Hall–Kier alpha value is -2.66. The molecular formula is C18H17FN2O2. The molecule has 0 saturated heterocycles. The molecule has 1 amide bonds. The maximum atomic E-state index is 13.2. The van der Waals surface area contributed by atoms with Crippen LogP contribution in [0, 0.1) is 5.82 Å². The second-order valence-corrected chi connectivity index (χ2v) is 5.74. The minimum Gasteiger partial charge on any atom is -0.384 e. The van der Waals surface area contributed by atoms with Crippen LogP contribution in [0.2, 0.25) is 0 Å². The van der Waals surface area contributed by atoms with Gasteiger partial charge in [0.25, 0.3) is 5.91 Å². The van der Waals surface area contributed by atoms with E-state index in [0.717, 1.165) is 5.56 Å². The number of fused-ring (bicyclic) bond motifs is 1. The van der Waals surface area contributed by atoms with E-state index in [1.54, 1.807) is 31.2 Å². The van der Waals surface area contributed by atoms with Crippen LogP contribution in [0.1, 0.15) is 23.0 Å². The van der Waals surface area contributed by atoms with Gasteiger partial charge in [-0.25, -0.2) is 4.39 Å². The van der Waals surface area contributed by atoms with Crippen LogP contribution in [-0.2, 0) is 5.60 Å². The van der Waals surface area contributed by atoms with Crippen molar-refractivity contribution in [3.8, 4) is 0 Å². The largest absolute Gasteiger partial charge is 0.384 e. The van der Waals surface area contributed by atoms with Crippen LogP contribution < -0.4 is 5.32 Å². The SMILES string of the molecule is CC(O)(CNC(=O)c1cc2cc(F)ccc2[nH]1)c1ccccc1. The van der Waals surface area contributed by atoms with Crippen molar-refractivity contribution in [3.05, 3.63) is 71.7 Å². The number of benzene rings is 2. The molecule has 23 heavy (non-hydrogen) atoms. The number of amides is 1. The summed E-state index contributed by atoms with van der Waals surface area (Å²) >= 11 is 0. The van der Waals surface area contributed by atoms with Crippen LogP contribution in [0.4, 0.5) is 4.39 Å². The van der Waals surface area contributed by atoms with Crippen molar-refractivity contribution < 1.29 is 14.3 Å². The Morgan fingerprint density at radius 3 is 2.70 bits per heavy atom. The molecule has 1 aromatic heterocycles. The summed E-state index contributed by atoms with van der Waals surface area (Å²) in [5, 5.41) is 13.8. The van der Waals surface area contributed by atoms with E-state index in [9.17, 15) is 14.3 Å². The number of carbonyl (C=O) groups excluding carboxylic acids is 1. The van der Waals surface area contributed by atoms with Gasteiger partial charge in [0, 0.05) is 10.9 Å². The summed E-state index contributed by atoms with van der Waals surface area (Å²) in [7, 11) is 0. The third kappa shape index (κ3) is 3.24. The van der Waals surface area contributed by atoms with Crippen molar-refractivity contribution in [2.45, 2.75) is 12.5 Å². The quantitative estimate of drug-likeness (QED) is 0.693. The fourth-order valence-electron chi connectivity index (χ4n) is 2.47. The number of halogens is 1. The molecule has 0 spiro atoms. The zero-order valence-electron chi connectivity index (χ0n) is 12.6. The van der Waals surface area contributed by atoms with Gasteiger partial charge in [0.2, 0.25) is 0 Å². The van der Waals surface area contributed by atoms with Gasteiger partial charge in [0.15, 0.2) is 0 Å². The van der Waals surface area contributed by atoms with Gasteiger partial charge in [-0.15, -0.1) is 0 Å². The second kappa shape index (κ2) is 5.85. The van der Waals surface area contributed by atoms with Gasteiger partial charge in [-0.05, 0) is 36.8 Å². The number of aromatic amines is 1. The number of carbonyl (C=O) groups is 1. The fraction of sp³-hybridized carbons (Fsp3) is 0.167. The Bertz CT molecular complexity index is 841. The first-order valence-electron chi connectivity index (χ1n) is 7.30. The average Bonchev–Trinajstić information content (AvgIpc) is 2.96. The predicted octanol–water partition coefficient (Wildman–Crippen LogP) is 2.94. The molecule has 0 radical (unpaired) electrons. The van der Waals surface area contributed by atoms with Crippen molar-refractivity contribution in [1.29, 1.82) is 0 Å². The van der Waals surface area contributed by atoms with E-state index in [1.165, 1.54) is 12.1 Å². The van der Waals surface area contributed by atoms with E-state index >= 15 is 0 Å². The number of aromatic nitrogens is 1. The maximum absolute atomic E-state index is 13.2. The summed E-state index contributed by atoms with van der Waals surface area (Å²) < 4.78 is 13.2. The lowest BCUT2D eigenvalue weighted by Crippen LogP contribution is -2.38. The van der Waals surface area contributed by atoms with Gasteiger partial charge in [0.05, 0.1) is 6.54 Å². The fourth-order valence-corrected chi connectivity index (χ4v) is 2.47. The zero-order chi connectivity index (χ0) is 16.4. The molecule has 3 aromatic rings. The number of hydrogen-bond donors (Lipinski definition) is 3. The third-order valence-corrected chi connectivity index (χ3v) is 3.82. The molecule has 1 atom stereocenters. The van der Waals surface area contributed by atoms with Crippen LogP contribution in [0.25, 0.3) is 10.9 Å². The Morgan fingerprint density at radius 2 is 1.96 bits per heavy atom. The van der Waals surface area contributed by atoms with Crippen LogP contribution in [0.15, 0.2) is 54.6 Å². The minimum atomic E-state index is -1.17. The second-order valence-electron chi connectivity index (χ2n) is 5.74. The summed E-state index contributed by atoms with van der Waals surface area (Å²) in [5.74, 6) is -0.701. The summed E-state index contributed by atoms with van der Waals surface area (Å²) in [6.07, 6.45) is 0. The normalized spacial score (nSPS) is 13.7. The highest BCUT2D eigenvalue weighted by Crippen LogP contribution is 2.20. The number of hydrogen-bond acceptors (Lipinski definition) is 2. The summed E-state index contributed by atoms with van der Waals surface area (Å²) in [4.78, 5) is 15.2. The molecule has 0 aliphatic rings. The highest BCUT2D eigenvalue weighted by atomic mass is 19.1. The molecule has 0 aliphatic heterocycles. The van der Waals surface area contributed by atoms with E-state index in [4.69, 9.17) is 0 Å². The van der Waals surface area contributed by atoms with E-state index in [1.807, 2.05) is 18.2 Å². The van der Waals surface area contributed by atoms with Crippen molar-refractivity contribution in [3.63, 3.8) is 0 Å². The number of H-pyrrole nitrogens is 1. The first kappa shape index (κ1) is 15.2. The molecule has 3 rings (SSSR count). The van der Waals surface area contributed by atoms with Crippen molar-refractivity contribution in [2.75, 3.05) is 6.54 Å². The van der Waals surface area contributed by atoms with Gasteiger partial charge >= 0.3 is 0 Å². The average molecular weight is 312 g/mol. The molecule has 0 fully saturated rings. The number of rotatable bonds is 4. The zero-order valence-corrected chi connectivity index (χ0v) is 12.6. The standard InChI is InChI=1S/C18H17FN2O2/c1-18(23,13-5-3-2-4-6-13)11-20-17(22)16-10-12-9-14(19)7-8-15(12)21-16/h2-10,21,23H,11H2,1H3,(H,20,22). The van der Waals surface area contributed by atoms with Crippen molar-refractivity contribution >= 4 is 16.8 Å². The summed E-state index contributed by atoms with van der Waals surface area (Å²) in [6.45, 7) is 1.71.